The number of rotatable bonds is 4. The van der Waals surface area contributed by atoms with Crippen LogP contribution in [0.15, 0.2) is 40.9 Å². The summed E-state index contributed by atoms with van der Waals surface area (Å²) in [5, 5.41) is 0. The minimum atomic E-state index is 0.465. The van der Waals surface area contributed by atoms with Crippen LogP contribution >= 0.6 is 15.9 Å². The molecule has 0 aromatic heterocycles. The van der Waals surface area contributed by atoms with E-state index < -0.39 is 0 Å². The molecule has 0 aliphatic carbocycles. The van der Waals surface area contributed by atoms with Crippen LogP contribution in [-0.4, -0.2) is 14.2 Å². The number of benzene rings is 2. The number of anilines is 1. The molecule has 0 bridgehead atoms. The van der Waals surface area contributed by atoms with Crippen molar-refractivity contribution in [2.75, 3.05) is 20.0 Å². The first-order valence-corrected chi connectivity index (χ1v) is 6.39. The molecule has 0 unspecified atom stereocenters. The lowest BCUT2D eigenvalue weighted by molar-refractivity contribution is 0.409. The van der Waals surface area contributed by atoms with Crippen LogP contribution in [0.4, 0.5) is 5.69 Å². The van der Waals surface area contributed by atoms with E-state index in [-0.39, 0.29) is 0 Å². The van der Waals surface area contributed by atoms with Crippen LogP contribution in [0, 0.1) is 0 Å². The molecule has 0 saturated heterocycles. The van der Waals surface area contributed by atoms with Gasteiger partial charge in [-0.05, 0) is 46.3 Å². The van der Waals surface area contributed by atoms with E-state index in [2.05, 4.69) is 15.9 Å². The molecule has 4 nitrogen and oxygen atoms in total. The van der Waals surface area contributed by atoms with Crippen LogP contribution in [0.3, 0.4) is 0 Å². The van der Waals surface area contributed by atoms with Crippen LogP contribution in [0.5, 0.6) is 23.0 Å². The van der Waals surface area contributed by atoms with E-state index in [0.29, 0.717) is 22.9 Å². The molecule has 0 amide bonds. The number of hydrogen-bond acceptors (Lipinski definition) is 4. The van der Waals surface area contributed by atoms with Crippen molar-refractivity contribution in [3.8, 4) is 23.0 Å². The summed E-state index contributed by atoms with van der Waals surface area (Å²) in [5.74, 6) is 2.53. The Morgan fingerprint density at radius 1 is 0.947 bits per heavy atom. The zero-order valence-electron chi connectivity index (χ0n) is 10.6. The van der Waals surface area contributed by atoms with Gasteiger partial charge in [-0.2, -0.15) is 0 Å². The molecule has 0 heterocycles. The van der Waals surface area contributed by atoms with Crippen molar-refractivity contribution in [1.29, 1.82) is 0 Å². The second-order valence-electron chi connectivity index (χ2n) is 3.77. The van der Waals surface area contributed by atoms with E-state index in [1.54, 1.807) is 26.4 Å². The third-order valence-corrected chi connectivity index (χ3v) is 3.22. The van der Waals surface area contributed by atoms with Crippen molar-refractivity contribution in [3.63, 3.8) is 0 Å². The highest BCUT2D eigenvalue weighted by Gasteiger charge is 2.10. The first-order chi connectivity index (χ1) is 9.15. The Labute approximate surface area is 120 Å². The van der Waals surface area contributed by atoms with Gasteiger partial charge >= 0.3 is 0 Å². The summed E-state index contributed by atoms with van der Waals surface area (Å²) in [6, 6.07) is 10.8. The van der Waals surface area contributed by atoms with E-state index in [0.717, 1.165) is 10.2 Å². The third-order valence-electron chi connectivity index (χ3n) is 2.60. The molecule has 0 saturated carbocycles. The predicted molar refractivity (Wildman–Crippen MR) is 78.2 cm³/mol. The van der Waals surface area contributed by atoms with Crippen molar-refractivity contribution < 1.29 is 14.2 Å². The molecule has 0 aliphatic heterocycles. The van der Waals surface area contributed by atoms with Crippen molar-refractivity contribution in [3.05, 3.63) is 40.9 Å². The van der Waals surface area contributed by atoms with Gasteiger partial charge in [-0.25, -0.2) is 0 Å². The Morgan fingerprint density at radius 3 is 2.32 bits per heavy atom. The van der Waals surface area contributed by atoms with E-state index in [9.17, 15) is 0 Å². The first kappa shape index (κ1) is 13.5. The van der Waals surface area contributed by atoms with Crippen molar-refractivity contribution >= 4 is 21.6 Å². The van der Waals surface area contributed by atoms with E-state index in [4.69, 9.17) is 19.9 Å². The van der Waals surface area contributed by atoms with E-state index in [1.807, 2.05) is 24.3 Å². The molecule has 2 aromatic carbocycles. The fourth-order valence-corrected chi connectivity index (χ4v) is 2.04. The average molecular weight is 324 g/mol. The average Bonchev–Trinajstić information content (AvgIpc) is 2.43. The van der Waals surface area contributed by atoms with Gasteiger partial charge in [0, 0.05) is 0 Å². The molecular formula is C14H14BrNO3. The minimum Gasteiger partial charge on any atom is -0.497 e. The number of methoxy groups -OCH3 is 2. The number of hydrogen-bond donors (Lipinski definition) is 1. The van der Waals surface area contributed by atoms with Gasteiger partial charge in [0.05, 0.1) is 18.7 Å². The molecule has 5 heteroatoms. The van der Waals surface area contributed by atoms with Gasteiger partial charge in [0.25, 0.3) is 0 Å². The molecular weight excluding hydrogens is 310 g/mol. The Morgan fingerprint density at radius 2 is 1.68 bits per heavy atom. The van der Waals surface area contributed by atoms with Gasteiger partial charge in [0.1, 0.15) is 22.9 Å². The quantitative estimate of drug-likeness (QED) is 0.868. The van der Waals surface area contributed by atoms with Gasteiger partial charge < -0.3 is 19.9 Å². The zero-order valence-corrected chi connectivity index (χ0v) is 12.2. The molecule has 2 aromatic rings. The summed E-state index contributed by atoms with van der Waals surface area (Å²) in [4.78, 5) is 0. The lowest BCUT2D eigenvalue weighted by Crippen LogP contribution is -1.96. The second-order valence-corrected chi connectivity index (χ2v) is 4.62. The Balaban J connectivity index is 2.31. The predicted octanol–water partition coefficient (Wildman–Crippen LogP) is 3.84. The fourth-order valence-electron chi connectivity index (χ4n) is 1.60. The van der Waals surface area contributed by atoms with Crippen molar-refractivity contribution in [2.45, 2.75) is 0 Å². The number of nitrogens with two attached hydrogens (primary N) is 1. The van der Waals surface area contributed by atoms with Gasteiger partial charge in [-0.3, -0.25) is 0 Å². The second kappa shape index (κ2) is 5.84. The molecule has 0 fully saturated rings. The first-order valence-electron chi connectivity index (χ1n) is 5.59. The number of nitrogen functional groups attached to an aromatic ring is 1. The topological polar surface area (TPSA) is 53.7 Å². The summed E-state index contributed by atoms with van der Waals surface area (Å²) in [6.45, 7) is 0. The number of ether oxygens (including phenoxy) is 3. The van der Waals surface area contributed by atoms with Crippen LogP contribution in [0.2, 0.25) is 0 Å². The molecule has 0 atom stereocenters. The maximum atomic E-state index is 5.96. The monoisotopic (exact) mass is 323 g/mol. The lowest BCUT2D eigenvalue weighted by Gasteiger charge is -2.12. The standard InChI is InChI=1S/C14H14BrNO3/c1-17-9-6-7-11(10(15)8-9)19-13-5-3-4-12(18-2)14(13)16/h3-8H,16H2,1-2H3. The lowest BCUT2D eigenvalue weighted by atomic mass is 10.2. The highest BCUT2D eigenvalue weighted by molar-refractivity contribution is 9.10. The molecule has 19 heavy (non-hydrogen) atoms. The Hall–Kier alpha value is -1.88. The van der Waals surface area contributed by atoms with Gasteiger partial charge in [0.15, 0.2) is 5.75 Å². The highest BCUT2D eigenvalue weighted by atomic mass is 79.9. The van der Waals surface area contributed by atoms with Crippen LogP contribution < -0.4 is 19.9 Å². The normalized spacial score (nSPS) is 10.1. The van der Waals surface area contributed by atoms with E-state index in [1.165, 1.54) is 0 Å². The molecule has 0 radical (unpaired) electrons. The smallest absolute Gasteiger partial charge is 0.154 e. The maximum absolute atomic E-state index is 5.96. The van der Waals surface area contributed by atoms with Crippen LogP contribution in [0.1, 0.15) is 0 Å². The number of para-hydroxylation sites is 1. The fraction of sp³-hybridized carbons (Fsp3) is 0.143. The third kappa shape index (κ3) is 2.93. The largest absolute Gasteiger partial charge is 0.497 e. The summed E-state index contributed by atoms with van der Waals surface area (Å²) < 4.78 is 16.8. The molecule has 0 aliphatic rings. The van der Waals surface area contributed by atoms with Crippen molar-refractivity contribution in [2.24, 2.45) is 0 Å². The SMILES string of the molecule is COc1ccc(Oc2cccc(OC)c2N)c(Br)c1. The number of halogens is 1. The molecule has 2 N–H and O–H groups in total. The van der Waals surface area contributed by atoms with Gasteiger partial charge in [-0.1, -0.05) is 6.07 Å². The Kier molecular flexibility index (Phi) is 4.16. The summed E-state index contributed by atoms with van der Waals surface area (Å²) in [5.41, 5.74) is 6.42. The van der Waals surface area contributed by atoms with Crippen LogP contribution in [-0.2, 0) is 0 Å². The van der Waals surface area contributed by atoms with E-state index >= 15 is 0 Å². The van der Waals surface area contributed by atoms with Gasteiger partial charge in [0.2, 0.25) is 0 Å². The minimum absolute atomic E-state index is 0.465. The summed E-state index contributed by atoms with van der Waals surface area (Å²) in [7, 11) is 3.18. The van der Waals surface area contributed by atoms with Gasteiger partial charge in [-0.15, -0.1) is 0 Å². The molecule has 2 rings (SSSR count). The molecule has 100 valence electrons. The summed E-state index contributed by atoms with van der Waals surface area (Å²) in [6.07, 6.45) is 0. The zero-order chi connectivity index (χ0) is 13.8. The Bertz CT molecular complexity index is 587. The highest BCUT2D eigenvalue weighted by Crippen LogP contribution is 2.37. The maximum Gasteiger partial charge on any atom is 0.154 e. The molecule has 0 spiro atoms. The van der Waals surface area contributed by atoms with Crippen LogP contribution in [0.25, 0.3) is 0 Å². The summed E-state index contributed by atoms with van der Waals surface area (Å²) >= 11 is 3.43. The van der Waals surface area contributed by atoms with Crippen molar-refractivity contribution in [1.82, 2.24) is 0 Å².